The van der Waals surface area contributed by atoms with Crippen molar-refractivity contribution in [2.75, 3.05) is 12.4 Å². The fraction of sp³-hybridized carbons (Fsp3) is 0.385. The largest absolute Gasteiger partial charge is 0.468 e. The molecule has 0 aliphatic heterocycles. The van der Waals surface area contributed by atoms with Crippen molar-refractivity contribution in [1.82, 2.24) is 10.2 Å². The van der Waals surface area contributed by atoms with Gasteiger partial charge >= 0.3 is 0 Å². The van der Waals surface area contributed by atoms with Crippen LogP contribution in [0.1, 0.15) is 20.3 Å². The molecule has 98 valence electrons. The zero-order valence-electron chi connectivity index (χ0n) is 10.7. The quantitative estimate of drug-likeness (QED) is 0.666. The van der Waals surface area contributed by atoms with E-state index in [4.69, 9.17) is 0 Å². The van der Waals surface area contributed by atoms with Crippen molar-refractivity contribution in [2.45, 2.75) is 25.2 Å². The molecule has 0 aliphatic rings. The molecule has 4 nitrogen and oxygen atoms in total. The van der Waals surface area contributed by atoms with Crippen molar-refractivity contribution in [3.8, 4) is 0 Å². The highest BCUT2D eigenvalue weighted by atomic mass is 32.2. The summed E-state index contributed by atoms with van der Waals surface area (Å²) >= 11 is 1.88. The van der Waals surface area contributed by atoms with Gasteiger partial charge in [0.25, 0.3) is 6.47 Å². The average molecular weight is 266 g/mol. The molecule has 1 heterocycles. The number of nitrogens with one attached hydrogen (secondary N) is 1. The van der Waals surface area contributed by atoms with E-state index in [9.17, 15) is 4.79 Å². The smallest absolute Gasteiger partial charge is 0.293 e. The molecule has 18 heavy (non-hydrogen) atoms. The normalized spacial score (nSPS) is 9.67. The summed E-state index contributed by atoms with van der Waals surface area (Å²) in [7, 11) is 0. The molecule has 0 radical (unpaired) electrons. The monoisotopic (exact) mass is 266 g/mol. The van der Waals surface area contributed by atoms with Crippen molar-refractivity contribution in [1.29, 1.82) is 0 Å². The highest BCUT2D eigenvalue weighted by Gasteiger charge is 2.01. The predicted octanol–water partition coefficient (Wildman–Crippen LogP) is 3.24. The van der Waals surface area contributed by atoms with E-state index in [0.29, 0.717) is 13.1 Å². The molecule has 0 amide bonds. The number of aromatic amines is 1. The fourth-order valence-electron chi connectivity index (χ4n) is 1.34. The standard InChI is InChI=1S/C10H12N2S.C3H6O2/c1-2-6-13-9-5-3-4-8-7-11-12-10(8)9;1-2-5-3-4/h3-5,7H,2,6H2,1H3,(H,11,12);3H,2H2,1H3. The summed E-state index contributed by atoms with van der Waals surface area (Å²) in [4.78, 5) is 10.5. The lowest BCUT2D eigenvalue weighted by Crippen LogP contribution is -1.80. The van der Waals surface area contributed by atoms with Crippen LogP contribution in [0.5, 0.6) is 0 Å². The molecule has 2 aromatic rings. The zero-order valence-corrected chi connectivity index (χ0v) is 11.5. The van der Waals surface area contributed by atoms with E-state index in [2.05, 4.69) is 40.1 Å². The van der Waals surface area contributed by atoms with Crippen LogP contribution < -0.4 is 0 Å². The van der Waals surface area contributed by atoms with Crippen molar-refractivity contribution in [3.05, 3.63) is 24.4 Å². The Morgan fingerprint density at radius 3 is 2.89 bits per heavy atom. The molecule has 0 aliphatic carbocycles. The van der Waals surface area contributed by atoms with Gasteiger partial charge in [-0.15, -0.1) is 11.8 Å². The first-order valence-electron chi connectivity index (χ1n) is 5.93. The van der Waals surface area contributed by atoms with Crippen LogP contribution in [0.3, 0.4) is 0 Å². The van der Waals surface area contributed by atoms with Crippen LogP contribution in [0.15, 0.2) is 29.3 Å². The third kappa shape index (κ3) is 4.41. The first-order valence-corrected chi connectivity index (χ1v) is 6.92. The van der Waals surface area contributed by atoms with Crippen LogP contribution in [0, 0.1) is 0 Å². The Bertz CT molecular complexity index is 471. The first kappa shape index (κ1) is 14.6. The number of rotatable bonds is 5. The number of thioether (sulfide) groups is 1. The van der Waals surface area contributed by atoms with Crippen molar-refractivity contribution >= 4 is 29.1 Å². The molecule has 0 bridgehead atoms. The molecule has 0 atom stereocenters. The summed E-state index contributed by atoms with van der Waals surface area (Å²) in [6, 6.07) is 6.30. The number of aromatic nitrogens is 2. The van der Waals surface area contributed by atoms with Crippen molar-refractivity contribution in [3.63, 3.8) is 0 Å². The molecule has 2 rings (SSSR count). The number of benzene rings is 1. The van der Waals surface area contributed by atoms with Gasteiger partial charge in [-0.25, -0.2) is 0 Å². The minimum absolute atomic E-state index is 0.431. The van der Waals surface area contributed by atoms with Gasteiger partial charge in [0, 0.05) is 10.3 Å². The highest BCUT2D eigenvalue weighted by molar-refractivity contribution is 7.99. The number of H-pyrrole nitrogens is 1. The number of fused-ring (bicyclic) bond motifs is 1. The molecular weight excluding hydrogens is 248 g/mol. The Hall–Kier alpha value is -1.49. The molecule has 0 fully saturated rings. The Kier molecular flexibility index (Phi) is 6.94. The summed E-state index contributed by atoms with van der Waals surface area (Å²) in [5.74, 6) is 1.16. The fourth-order valence-corrected chi connectivity index (χ4v) is 2.25. The van der Waals surface area contributed by atoms with E-state index in [-0.39, 0.29) is 0 Å². The van der Waals surface area contributed by atoms with E-state index >= 15 is 0 Å². The SMILES string of the molecule is CCCSc1cccc2cn[nH]c12.CCOC=O. The van der Waals surface area contributed by atoms with Gasteiger partial charge in [0.1, 0.15) is 0 Å². The summed E-state index contributed by atoms with van der Waals surface area (Å²) in [6.07, 6.45) is 3.07. The molecule has 0 saturated carbocycles. The number of hydrogen-bond donors (Lipinski definition) is 1. The van der Waals surface area contributed by atoms with E-state index < -0.39 is 0 Å². The lowest BCUT2D eigenvalue weighted by atomic mass is 10.3. The molecule has 1 N–H and O–H groups in total. The lowest BCUT2D eigenvalue weighted by molar-refractivity contribution is -0.128. The number of carbonyl (C=O) groups is 1. The maximum absolute atomic E-state index is 9.18. The number of para-hydroxylation sites is 1. The minimum Gasteiger partial charge on any atom is -0.468 e. The molecule has 5 heteroatoms. The van der Waals surface area contributed by atoms with Crippen molar-refractivity contribution in [2.24, 2.45) is 0 Å². The highest BCUT2D eigenvalue weighted by Crippen LogP contribution is 2.26. The molecular formula is C13H18N2O2S. The van der Waals surface area contributed by atoms with Crippen LogP contribution in [0.2, 0.25) is 0 Å². The van der Waals surface area contributed by atoms with E-state index in [1.54, 1.807) is 6.92 Å². The summed E-state index contributed by atoms with van der Waals surface area (Å²) in [6.45, 7) is 4.86. The van der Waals surface area contributed by atoms with Crippen LogP contribution in [0.25, 0.3) is 10.9 Å². The molecule has 1 aromatic heterocycles. The van der Waals surface area contributed by atoms with Gasteiger partial charge in [-0.1, -0.05) is 19.1 Å². The van der Waals surface area contributed by atoms with Crippen LogP contribution in [-0.4, -0.2) is 29.0 Å². The number of ether oxygens (including phenoxy) is 1. The van der Waals surface area contributed by atoms with Gasteiger partial charge in [0.05, 0.1) is 18.3 Å². The number of hydrogen-bond acceptors (Lipinski definition) is 4. The molecule has 0 spiro atoms. The Balaban J connectivity index is 0.000000280. The minimum atomic E-state index is 0.431. The molecule has 0 unspecified atom stereocenters. The van der Waals surface area contributed by atoms with Gasteiger partial charge in [0.2, 0.25) is 0 Å². The van der Waals surface area contributed by atoms with Gasteiger partial charge in [-0.2, -0.15) is 5.10 Å². The maximum Gasteiger partial charge on any atom is 0.293 e. The predicted molar refractivity (Wildman–Crippen MR) is 74.8 cm³/mol. The van der Waals surface area contributed by atoms with Gasteiger partial charge in [0.15, 0.2) is 0 Å². The Labute approximate surface area is 111 Å². The van der Waals surface area contributed by atoms with Crippen LogP contribution in [0.4, 0.5) is 0 Å². The van der Waals surface area contributed by atoms with Crippen molar-refractivity contribution < 1.29 is 9.53 Å². The average Bonchev–Trinajstić information content (AvgIpc) is 2.87. The zero-order chi connectivity index (χ0) is 13.2. The molecule has 0 saturated heterocycles. The third-order valence-corrected chi connectivity index (χ3v) is 3.40. The van der Waals surface area contributed by atoms with Crippen LogP contribution in [-0.2, 0) is 9.53 Å². The maximum atomic E-state index is 9.18. The van der Waals surface area contributed by atoms with Crippen LogP contribution >= 0.6 is 11.8 Å². The summed E-state index contributed by atoms with van der Waals surface area (Å²) < 4.78 is 4.15. The Morgan fingerprint density at radius 2 is 2.28 bits per heavy atom. The van der Waals surface area contributed by atoms with E-state index in [0.717, 1.165) is 5.75 Å². The second-order valence-corrected chi connectivity index (χ2v) is 4.63. The van der Waals surface area contributed by atoms with E-state index in [1.165, 1.54) is 22.2 Å². The van der Waals surface area contributed by atoms with E-state index in [1.807, 2.05) is 18.0 Å². The topological polar surface area (TPSA) is 55.0 Å². The third-order valence-electron chi connectivity index (χ3n) is 2.13. The molecule has 1 aromatic carbocycles. The second kappa shape index (κ2) is 8.58. The number of nitrogens with zero attached hydrogens (tertiary/aromatic N) is 1. The number of carbonyl (C=O) groups excluding carboxylic acids is 1. The lowest BCUT2D eigenvalue weighted by Gasteiger charge is -1.99. The van der Waals surface area contributed by atoms with Gasteiger partial charge < -0.3 is 4.74 Å². The first-order chi connectivity index (χ1) is 8.83. The summed E-state index contributed by atoms with van der Waals surface area (Å²) in [5.41, 5.74) is 1.17. The summed E-state index contributed by atoms with van der Waals surface area (Å²) in [5, 5.41) is 8.25. The van der Waals surface area contributed by atoms with Gasteiger partial charge in [-0.05, 0) is 25.2 Å². The Morgan fingerprint density at radius 1 is 1.44 bits per heavy atom. The van der Waals surface area contributed by atoms with Gasteiger partial charge in [-0.3, -0.25) is 9.89 Å². The second-order valence-electron chi connectivity index (χ2n) is 3.49.